The fourth-order valence-corrected chi connectivity index (χ4v) is 1.18. The van der Waals surface area contributed by atoms with Gasteiger partial charge in [0.15, 0.2) is 0 Å². The predicted octanol–water partition coefficient (Wildman–Crippen LogP) is 1.79. The first-order valence-electron chi connectivity index (χ1n) is 4.61. The van der Waals surface area contributed by atoms with Gasteiger partial charge in [-0.3, -0.25) is 0 Å². The standard InChI is InChI=1S/C10H17NO2/c1-3-9(8-12-2)11-7-10-5-4-6-13-10/h4-6,9,11H,3,7-8H2,1-2H3. The van der Waals surface area contributed by atoms with Gasteiger partial charge in [-0.1, -0.05) is 6.92 Å². The molecule has 0 aliphatic heterocycles. The van der Waals surface area contributed by atoms with Crippen molar-refractivity contribution < 1.29 is 9.15 Å². The summed E-state index contributed by atoms with van der Waals surface area (Å²) >= 11 is 0. The zero-order valence-electron chi connectivity index (χ0n) is 8.25. The molecule has 0 spiro atoms. The highest BCUT2D eigenvalue weighted by Gasteiger charge is 2.04. The fraction of sp³-hybridized carbons (Fsp3) is 0.600. The number of methoxy groups -OCH3 is 1. The molecule has 1 N–H and O–H groups in total. The van der Waals surface area contributed by atoms with E-state index in [-0.39, 0.29) is 0 Å². The zero-order chi connectivity index (χ0) is 9.52. The molecule has 0 saturated heterocycles. The van der Waals surface area contributed by atoms with Crippen LogP contribution in [0.2, 0.25) is 0 Å². The second-order valence-electron chi connectivity index (χ2n) is 3.02. The van der Waals surface area contributed by atoms with Gasteiger partial charge in [0.1, 0.15) is 5.76 Å². The lowest BCUT2D eigenvalue weighted by Gasteiger charge is -2.14. The Morgan fingerprint density at radius 3 is 3.00 bits per heavy atom. The lowest BCUT2D eigenvalue weighted by atomic mass is 10.2. The SMILES string of the molecule is CCC(COC)NCc1ccco1. The molecule has 0 fully saturated rings. The third-order valence-corrected chi connectivity index (χ3v) is 2.01. The summed E-state index contributed by atoms with van der Waals surface area (Å²) < 4.78 is 10.3. The van der Waals surface area contributed by atoms with Gasteiger partial charge in [-0.15, -0.1) is 0 Å². The van der Waals surface area contributed by atoms with Crippen molar-refractivity contribution in [2.75, 3.05) is 13.7 Å². The Morgan fingerprint density at radius 2 is 2.46 bits per heavy atom. The van der Waals surface area contributed by atoms with Crippen molar-refractivity contribution in [3.8, 4) is 0 Å². The van der Waals surface area contributed by atoms with Crippen LogP contribution in [0.3, 0.4) is 0 Å². The average Bonchev–Trinajstić information content (AvgIpc) is 2.64. The quantitative estimate of drug-likeness (QED) is 0.730. The van der Waals surface area contributed by atoms with Crippen LogP contribution in [-0.4, -0.2) is 19.8 Å². The van der Waals surface area contributed by atoms with E-state index >= 15 is 0 Å². The van der Waals surface area contributed by atoms with Gasteiger partial charge in [-0.25, -0.2) is 0 Å². The maximum atomic E-state index is 5.20. The fourth-order valence-electron chi connectivity index (χ4n) is 1.18. The molecule has 0 aromatic carbocycles. The van der Waals surface area contributed by atoms with Gasteiger partial charge in [0.2, 0.25) is 0 Å². The summed E-state index contributed by atoms with van der Waals surface area (Å²) in [4.78, 5) is 0. The van der Waals surface area contributed by atoms with Crippen LogP contribution in [0.15, 0.2) is 22.8 Å². The lowest BCUT2D eigenvalue weighted by molar-refractivity contribution is 0.162. The molecule has 0 saturated carbocycles. The van der Waals surface area contributed by atoms with Crippen molar-refractivity contribution in [3.63, 3.8) is 0 Å². The van der Waals surface area contributed by atoms with E-state index in [1.807, 2.05) is 12.1 Å². The van der Waals surface area contributed by atoms with Crippen molar-refractivity contribution in [1.29, 1.82) is 0 Å². The lowest BCUT2D eigenvalue weighted by Crippen LogP contribution is -2.31. The van der Waals surface area contributed by atoms with Crippen molar-refractivity contribution >= 4 is 0 Å². The van der Waals surface area contributed by atoms with E-state index in [4.69, 9.17) is 9.15 Å². The minimum Gasteiger partial charge on any atom is -0.468 e. The van der Waals surface area contributed by atoms with E-state index in [2.05, 4.69) is 12.2 Å². The van der Waals surface area contributed by atoms with E-state index in [0.717, 1.165) is 25.3 Å². The minimum atomic E-state index is 0.412. The molecule has 1 aromatic heterocycles. The summed E-state index contributed by atoms with van der Waals surface area (Å²) in [6.07, 6.45) is 2.75. The molecule has 74 valence electrons. The average molecular weight is 183 g/mol. The summed E-state index contributed by atoms with van der Waals surface area (Å²) in [6, 6.07) is 4.27. The molecule has 0 amide bonds. The molecule has 13 heavy (non-hydrogen) atoms. The third-order valence-electron chi connectivity index (χ3n) is 2.01. The van der Waals surface area contributed by atoms with E-state index in [1.165, 1.54) is 0 Å². The van der Waals surface area contributed by atoms with E-state index in [1.54, 1.807) is 13.4 Å². The van der Waals surface area contributed by atoms with Crippen molar-refractivity contribution in [2.45, 2.75) is 25.9 Å². The molecule has 1 atom stereocenters. The number of furan rings is 1. The monoisotopic (exact) mass is 183 g/mol. The number of rotatable bonds is 6. The van der Waals surface area contributed by atoms with Crippen LogP contribution in [-0.2, 0) is 11.3 Å². The van der Waals surface area contributed by atoms with Crippen LogP contribution < -0.4 is 5.32 Å². The Balaban J connectivity index is 2.23. The molecular formula is C10H17NO2. The van der Waals surface area contributed by atoms with E-state index in [0.29, 0.717) is 6.04 Å². The zero-order valence-corrected chi connectivity index (χ0v) is 8.25. The molecular weight excluding hydrogens is 166 g/mol. The van der Waals surface area contributed by atoms with Crippen LogP contribution >= 0.6 is 0 Å². The van der Waals surface area contributed by atoms with Gasteiger partial charge in [0.25, 0.3) is 0 Å². The third kappa shape index (κ3) is 3.61. The van der Waals surface area contributed by atoms with Gasteiger partial charge in [0, 0.05) is 13.2 Å². The molecule has 1 aromatic rings. The van der Waals surface area contributed by atoms with E-state index < -0.39 is 0 Å². The van der Waals surface area contributed by atoms with Crippen LogP contribution in [0.1, 0.15) is 19.1 Å². The summed E-state index contributed by atoms with van der Waals surface area (Å²) in [7, 11) is 1.72. The number of nitrogens with one attached hydrogen (secondary N) is 1. The molecule has 1 rings (SSSR count). The summed E-state index contributed by atoms with van der Waals surface area (Å²) in [5.74, 6) is 0.967. The molecule has 0 radical (unpaired) electrons. The van der Waals surface area contributed by atoms with Gasteiger partial charge < -0.3 is 14.5 Å². The Hall–Kier alpha value is -0.800. The molecule has 0 aliphatic rings. The number of hydrogen-bond acceptors (Lipinski definition) is 3. The second kappa shape index (κ2) is 5.78. The molecule has 1 heterocycles. The highest BCUT2D eigenvalue weighted by atomic mass is 16.5. The van der Waals surface area contributed by atoms with Gasteiger partial charge in [-0.05, 0) is 18.6 Å². The summed E-state index contributed by atoms with van der Waals surface area (Å²) in [5.41, 5.74) is 0. The van der Waals surface area contributed by atoms with Gasteiger partial charge in [-0.2, -0.15) is 0 Å². The molecule has 3 heteroatoms. The molecule has 0 bridgehead atoms. The first-order valence-corrected chi connectivity index (χ1v) is 4.61. The highest BCUT2D eigenvalue weighted by Crippen LogP contribution is 2.00. The second-order valence-corrected chi connectivity index (χ2v) is 3.02. The van der Waals surface area contributed by atoms with E-state index in [9.17, 15) is 0 Å². The first kappa shape index (κ1) is 10.3. The van der Waals surface area contributed by atoms with Crippen LogP contribution in [0.25, 0.3) is 0 Å². The highest BCUT2D eigenvalue weighted by molar-refractivity contribution is 4.97. The minimum absolute atomic E-state index is 0.412. The molecule has 1 unspecified atom stereocenters. The Kier molecular flexibility index (Phi) is 4.57. The predicted molar refractivity (Wildman–Crippen MR) is 51.5 cm³/mol. The van der Waals surface area contributed by atoms with Crippen molar-refractivity contribution in [1.82, 2.24) is 5.32 Å². The Bertz CT molecular complexity index is 209. The Labute approximate surface area is 79.1 Å². The summed E-state index contributed by atoms with van der Waals surface area (Å²) in [6.45, 7) is 3.66. The number of hydrogen-bond donors (Lipinski definition) is 1. The Morgan fingerprint density at radius 1 is 1.62 bits per heavy atom. The summed E-state index contributed by atoms with van der Waals surface area (Å²) in [5, 5.41) is 3.35. The van der Waals surface area contributed by atoms with Crippen LogP contribution in [0, 0.1) is 0 Å². The maximum Gasteiger partial charge on any atom is 0.117 e. The van der Waals surface area contributed by atoms with Crippen molar-refractivity contribution in [3.05, 3.63) is 24.2 Å². The number of ether oxygens (including phenoxy) is 1. The first-order chi connectivity index (χ1) is 6.36. The van der Waals surface area contributed by atoms with Crippen LogP contribution in [0.5, 0.6) is 0 Å². The maximum absolute atomic E-state index is 5.20. The van der Waals surface area contributed by atoms with Gasteiger partial charge >= 0.3 is 0 Å². The van der Waals surface area contributed by atoms with Crippen LogP contribution in [0.4, 0.5) is 0 Å². The normalized spacial score (nSPS) is 13.1. The smallest absolute Gasteiger partial charge is 0.117 e. The van der Waals surface area contributed by atoms with Crippen molar-refractivity contribution in [2.24, 2.45) is 0 Å². The topological polar surface area (TPSA) is 34.4 Å². The van der Waals surface area contributed by atoms with Gasteiger partial charge in [0.05, 0.1) is 19.4 Å². The largest absolute Gasteiger partial charge is 0.468 e. The molecule has 0 aliphatic carbocycles. The molecule has 3 nitrogen and oxygen atoms in total.